The molecular weight excluding hydrogens is 322 g/mol. The van der Waals surface area contributed by atoms with E-state index in [0.29, 0.717) is 5.11 Å². The van der Waals surface area contributed by atoms with E-state index in [9.17, 15) is 0 Å². The average Bonchev–Trinajstić information content (AvgIpc) is 2.97. The fourth-order valence-corrected chi connectivity index (χ4v) is 3.40. The highest BCUT2D eigenvalue weighted by Crippen LogP contribution is 2.25. The van der Waals surface area contributed by atoms with E-state index in [2.05, 4.69) is 59.8 Å². The molecule has 0 unspecified atom stereocenters. The molecule has 0 radical (unpaired) electrons. The Morgan fingerprint density at radius 3 is 2.70 bits per heavy atom. The minimum atomic E-state index is 0.630. The summed E-state index contributed by atoms with van der Waals surface area (Å²) >= 11 is 7.11. The zero-order chi connectivity index (χ0) is 16.2. The van der Waals surface area contributed by atoms with Crippen LogP contribution in [0.1, 0.15) is 23.1 Å². The van der Waals surface area contributed by atoms with Crippen LogP contribution in [0.25, 0.3) is 10.2 Å². The molecule has 3 nitrogen and oxygen atoms in total. The third-order valence-corrected chi connectivity index (χ3v) is 4.98. The number of nitrogens with one attached hydrogen (secondary N) is 2. The molecule has 1 heterocycles. The number of thiazole rings is 1. The molecule has 2 N–H and O–H groups in total. The Morgan fingerprint density at radius 2 is 1.96 bits per heavy atom. The van der Waals surface area contributed by atoms with Crippen LogP contribution in [0.5, 0.6) is 0 Å². The highest BCUT2D eigenvalue weighted by molar-refractivity contribution is 7.80. The molecule has 0 atom stereocenters. The SMILES string of the molecule is CCc1nc2ccc(NC(=S)NCc3ccc(C)cc3)cc2s1. The molecule has 0 saturated heterocycles. The van der Waals surface area contributed by atoms with Gasteiger partial charge in [-0.3, -0.25) is 0 Å². The van der Waals surface area contributed by atoms with Crippen molar-refractivity contribution in [2.75, 3.05) is 5.32 Å². The summed E-state index contributed by atoms with van der Waals surface area (Å²) in [6.45, 7) is 4.93. The van der Waals surface area contributed by atoms with Crippen molar-refractivity contribution in [1.82, 2.24) is 10.3 Å². The summed E-state index contributed by atoms with van der Waals surface area (Å²) in [7, 11) is 0. The molecule has 0 bridgehead atoms. The van der Waals surface area contributed by atoms with Crippen LogP contribution in [0.4, 0.5) is 5.69 Å². The van der Waals surface area contributed by atoms with Crippen molar-refractivity contribution in [3.05, 3.63) is 58.6 Å². The van der Waals surface area contributed by atoms with Crippen LogP contribution in [-0.2, 0) is 13.0 Å². The first-order valence-corrected chi connectivity index (χ1v) is 8.86. The number of aromatic nitrogens is 1. The van der Waals surface area contributed by atoms with Crippen molar-refractivity contribution in [1.29, 1.82) is 0 Å². The van der Waals surface area contributed by atoms with Crippen LogP contribution in [0.2, 0.25) is 0 Å². The van der Waals surface area contributed by atoms with Crippen molar-refractivity contribution in [3.8, 4) is 0 Å². The first kappa shape index (κ1) is 15.9. The standard InChI is InChI=1S/C18H19N3S2/c1-3-17-21-15-9-8-14(10-16(15)23-17)20-18(22)19-11-13-6-4-12(2)5-7-13/h4-10H,3,11H2,1-2H3,(H2,19,20,22). The third kappa shape index (κ3) is 4.06. The lowest BCUT2D eigenvalue weighted by Gasteiger charge is -2.10. The van der Waals surface area contributed by atoms with Gasteiger partial charge in [0.25, 0.3) is 0 Å². The monoisotopic (exact) mass is 341 g/mol. The van der Waals surface area contributed by atoms with Gasteiger partial charge in [-0.25, -0.2) is 4.98 Å². The van der Waals surface area contributed by atoms with Crippen molar-refractivity contribution in [3.63, 3.8) is 0 Å². The van der Waals surface area contributed by atoms with E-state index in [1.165, 1.54) is 15.8 Å². The first-order chi connectivity index (χ1) is 11.1. The summed E-state index contributed by atoms with van der Waals surface area (Å²) in [6, 6.07) is 14.6. The lowest BCUT2D eigenvalue weighted by Crippen LogP contribution is -2.27. The smallest absolute Gasteiger partial charge is 0.171 e. The van der Waals surface area contributed by atoms with Gasteiger partial charge in [-0.05, 0) is 49.3 Å². The number of anilines is 1. The molecule has 0 fully saturated rings. The molecule has 0 aliphatic rings. The van der Waals surface area contributed by atoms with Gasteiger partial charge in [-0.2, -0.15) is 0 Å². The number of hydrogen-bond donors (Lipinski definition) is 2. The fourth-order valence-electron chi connectivity index (χ4n) is 2.26. The van der Waals surface area contributed by atoms with Gasteiger partial charge in [-0.1, -0.05) is 36.8 Å². The number of nitrogens with zero attached hydrogens (tertiary/aromatic N) is 1. The predicted molar refractivity (Wildman–Crippen MR) is 103 cm³/mol. The van der Waals surface area contributed by atoms with Gasteiger partial charge in [0.1, 0.15) is 0 Å². The number of hydrogen-bond acceptors (Lipinski definition) is 3. The van der Waals surface area contributed by atoms with Gasteiger partial charge in [0.05, 0.1) is 15.2 Å². The normalized spacial score (nSPS) is 10.7. The molecule has 0 saturated carbocycles. The fraction of sp³-hybridized carbons (Fsp3) is 0.222. The maximum atomic E-state index is 5.38. The highest BCUT2D eigenvalue weighted by atomic mass is 32.1. The van der Waals surface area contributed by atoms with E-state index < -0.39 is 0 Å². The Morgan fingerprint density at radius 1 is 1.17 bits per heavy atom. The first-order valence-electron chi connectivity index (χ1n) is 7.64. The number of thiocarbonyl (C=S) groups is 1. The van der Waals surface area contributed by atoms with Crippen LogP contribution in [0.3, 0.4) is 0 Å². The minimum absolute atomic E-state index is 0.630. The maximum absolute atomic E-state index is 5.38. The van der Waals surface area contributed by atoms with Crippen LogP contribution in [0, 0.1) is 6.92 Å². The van der Waals surface area contributed by atoms with E-state index in [1.54, 1.807) is 11.3 Å². The minimum Gasteiger partial charge on any atom is -0.358 e. The lowest BCUT2D eigenvalue weighted by molar-refractivity contribution is 0.925. The Bertz CT molecular complexity index is 822. The number of rotatable bonds is 4. The largest absolute Gasteiger partial charge is 0.358 e. The molecule has 3 aromatic rings. The molecule has 118 valence electrons. The zero-order valence-electron chi connectivity index (χ0n) is 13.2. The quantitative estimate of drug-likeness (QED) is 0.677. The average molecular weight is 342 g/mol. The Labute approximate surface area is 145 Å². The van der Waals surface area contributed by atoms with Crippen molar-refractivity contribution in [2.45, 2.75) is 26.8 Å². The van der Waals surface area contributed by atoms with Gasteiger partial charge in [0.15, 0.2) is 5.11 Å². The summed E-state index contributed by atoms with van der Waals surface area (Å²) in [5, 5.41) is 8.28. The molecule has 3 rings (SSSR count). The van der Waals surface area contributed by atoms with Crippen LogP contribution < -0.4 is 10.6 Å². The second-order valence-corrected chi connectivity index (χ2v) is 6.96. The van der Waals surface area contributed by atoms with Gasteiger partial charge >= 0.3 is 0 Å². The van der Waals surface area contributed by atoms with E-state index in [0.717, 1.165) is 29.2 Å². The van der Waals surface area contributed by atoms with E-state index in [1.807, 2.05) is 12.1 Å². The van der Waals surface area contributed by atoms with Crippen LogP contribution in [-0.4, -0.2) is 10.1 Å². The van der Waals surface area contributed by atoms with Crippen molar-refractivity contribution < 1.29 is 0 Å². The topological polar surface area (TPSA) is 37.0 Å². The number of benzene rings is 2. The molecule has 2 aromatic carbocycles. The van der Waals surface area contributed by atoms with Crippen molar-refractivity contribution >= 4 is 44.6 Å². The predicted octanol–water partition coefficient (Wildman–Crippen LogP) is 4.65. The number of aryl methyl sites for hydroxylation is 2. The molecular formula is C18H19N3S2. The molecule has 1 aromatic heterocycles. The molecule has 0 aliphatic heterocycles. The summed E-state index contributed by atoms with van der Waals surface area (Å²) in [5.74, 6) is 0. The second kappa shape index (κ2) is 7.06. The summed E-state index contributed by atoms with van der Waals surface area (Å²) in [5.41, 5.74) is 4.52. The summed E-state index contributed by atoms with van der Waals surface area (Å²) in [6.07, 6.45) is 0.971. The molecule has 0 aliphatic carbocycles. The van der Waals surface area contributed by atoms with Gasteiger partial charge < -0.3 is 10.6 Å². The number of fused-ring (bicyclic) bond motifs is 1. The molecule has 5 heteroatoms. The van der Waals surface area contributed by atoms with E-state index in [-0.39, 0.29) is 0 Å². The second-order valence-electron chi connectivity index (χ2n) is 5.44. The van der Waals surface area contributed by atoms with Crippen LogP contribution >= 0.6 is 23.6 Å². The molecule has 0 spiro atoms. The van der Waals surface area contributed by atoms with Gasteiger partial charge in [0.2, 0.25) is 0 Å². The third-order valence-electron chi connectivity index (χ3n) is 3.57. The van der Waals surface area contributed by atoms with E-state index >= 15 is 0 Å². The van der Waals surface area contributed by atoms with Crippen molar-refractivity contribution in [2.24, 2.45) is 0 Å². The molecule has 23 heavy (non-hydrogen) atoms. The van der Waals surface area contributed by atoms with Crippen LogP contribution in [0.15, 0.2) is 42.5 Å². The Balaban J connectivity index is 1.61. The van der Waals surface area contributed by atoms with Gasteiger partial charge in [0, 0.05) is 12.2 Å². The lowest BCUT2D eigenvalue weighted by atomic mass is 10.1. The van der Waals surface area contributed by atoms with Gasteiger partial charge in [-0.15, -0.1) is 11.3 Å². The summed E-state index contributed by atoms with van der Waals surface area (Å²) < 4.78 is 1.19. The Kier molecular flexibility index (Phi) is 4.88. The maximum Gasteiger partial charge on any atom is 0.171 e. The summed E-state index contributed by atoms with van der Waals surface area (Å²) in [4.78, 5) is 4.58. The zero-order valence-corrected chi connectivity index (χ0v) is 14.9. The highest BCUT2D eigenvalue weighted by Gasteiger charge is 2.04. The molecule has 0 amide bonds. The van der Waals surface area contributed by atoms with E-state index in [4.69, 9.17) is 12.2 Å². The Hall–Kier alpha value is -1.98.